The van der Waals surface area contributed by atoms with Crippen molar-refractivity contribution in [1.82, 2.24) is 14.8 Å². The van der Waals surface area contributed by atoms with Crippen molar-refractivity contribution < 1.29 is 14.0 Å². The number of aromatic nitrogens is 1. The van der Waals surface area contributed by atoms with Crippen LogP contribution in [0.25, 0.3) is 11.1 Å². The molecule has 1 N–H and O–H groups in total. The molecule has 1 fully saturated rings. The van der Waals surface area contributed by atoms with Crippen LogP contribution in [0.15, 0.2) is 47.1 Å². The van der Waals surface area contributed by atoms with Crippen LogP contribution in [0, 0.1) is 6.92 Å². The average Bonchev–Trinajstić information content (AvgIpc) is 3.27. The molecule has 32 heavy (non-hydrogen) atoms. The summed E-state index contributed by atoms with van der Waals surface area (Å²) in [7, 11) is 0. The van der Waals surface area contributed by atoms with E-state index in [1.54, 1.807) is 17.2 Å². The molecule has 1 aliphatic carbocycles. The van der Waals surface area contributed by atoms with Gasteiger partial charge in [0.2, 0.25) is 5.91 Å². The molecule has 3 aromatic rings. The highest BCUT2D eigenvalue weighted by molar-refractivity contribution is 6.02. The van der Waals surface area contributed by atoms with Crippen molar-refractivity contribution in [3.8, 4) is 0 Å². The number of hydrogen-bond acceptors (Lipinski definition) is 3. The number of nitrogens with one attached hydrogen (secondary N) is 1. The van der Waals surface area contributed by atoms with Gasteiger partial charge in [-0.15, -0.1) is 0 Å². The van der Waals surface area contributed by atoms with E-state index in [2.05, 4.69) is 5.32 Å². The maximum absolute atomic E-state index is 13.8. The van der Waals surface area contributed by atoms with Crippen LogP contribution in [-0.4, -0.2) is 32.9 Å². The van der Waals surface area contributed by atoms with Crippen LogP contribution in [0.2, 0.25) is 0 Å². The lowest BCUT2D eigenvalue weighted by Gasteiger charge is -2.44. The molecule has 0 unspecified atom stereocenters. The molecule has 2 amide bonds. The minimum atomic E-state index is -0.996. The molecule has 0 spiro atoms. The summed E-state index contributed by atoms with van der Waals surface area (Å²) in [5.74, 6) is -0.206. The van der Waals surface area contributed by atoms with Gasteiger partial charge in [-0.1, -0.05) is 55.5 Å². The Kier molecular flexibility index (Phi) is 5.31. The second-order valence-electron chi connectivity index (χ2n) is 9.60. The van der Waals surface area contributed by atoms with E-state index in [0.29, 0.717) is 24.4 Å². The molecule has 5 rings (SSSR count). The van der Waals surface area contributed by atoms with Crippen molar-refractivity contribution >= 4 is 22.9 Å². The van der Waals surface area contributed by atoms with E-state index in [4.69, 9.17) is 4.42 Å². The predicted molar refractivity (Wildman–Crippen MR) is 123 cm³/mol. The highest BCUT2D eigenvalue weighted by atomic mass is 16.3. The first-order valence-electron chi connectivity index (χ1n) is 11.7. The number of nitrogens with zero attached hydrogens (tertiary/aromatic N) is 2. The largest absolute Gasteiger partial charge is 0.463 e. The minimum absolute atomic E-state index is 0.0687. The van der Waals surface area contributed by atoms with E-state index < -0.39 is 5.54 Å². The monoisotopic (exact) mass is 433 g/mol. The third kappa shape index (κ3) is 3.61. The standard InChI is InChI=1S/C26H31N3O3/c1-18-9-11-19(12-10-18)16-29-24(30)22-15-23-21(13-14-32-23)28(22)17-26(29,2)25(31)27-20-7-5-3-4-6-8-20/h9-15,20H,3-8,16-17H2,1-2H3,(H,27,31)/t26-/m0/s1. The van der Waals surface area contributed by atoms with Gasteiger partial charge < -0.3 is 19.2 Å². The highest BCUT2D eigenvalue weighted by Crippen LogP contribution is 2.34. The molecule has 1 saturated carbocycles. The molecular weight excluding hydrogens is 402 g/mol. The van der Waals surface area contributed by atoms with Crippen LogP contribution in [-0.2, 0) is 17.9 Å². The van der Waals surface area contributed by atoms with Crippen molar-refractivity contribution in [3.63, 3.8) is 0 Å². The summed E-state index contributed by atoms with van der Waals surface area (Å²) in [6.45, 7) is 4.74. The van der Waals surface area contributed by atoms with Gasteiger partial charge in [0.05, 0.1) is 18.3 Å². The first-order chi connectivity index (χ1) is 15.5. The summed E-state index contributed by atoms with van der Waals surface area (Å²) in [5.41, 5.74) is 3.30. The fourth-order valence-corrected chi connectivity index (χ4v) is 5.16. The molecule has 6 nitrogen and oxygen atoms in total. The predicted octanol–water partition coefficient (Wildman–Crippen LogP) is 4.80. The van der Waals surface area contributed by atoms with Crippen molar-refractivity contribution in [1.29, 1.82) is 0 Å². The quantitative estimate of drug-likeness (QED) is 0.601. The molecule has 3 heterocycles. The Morgan fingerprint density at radius 2 is 1.84 bits per heavy atom. The second-order valence-corrected chi connectivity index (χ2v) is 9.60. The molecule has 2 aliphatic rings. The number of rotatable bonds is 4. The molecule has 1 aliphatic heterocycles. The van der Waals surface area contributed by atoms with Gasteiger partial charge in [-0.2, -0.15) is 0 Å². The highest BCUT2D eigenvalue weighted by Gasteiger charge is 2.48. The summed E-state index contributed by atoms with van der Waals surface area (Å²) in [6.07, 6.45) is 8.39. The second kappa shape index (κ2) is 8.15. The topological polar surface area (TPSA) is 67.5 Å². The lowest BCUT2D eigenvalue weighted by molar-refractivity contribution is -0.134. The lowest BCUT2D eigenvalue weighted by Crippen LogP contribution is -2.64. The molecular formula is C26H31N3O3. The van der Waals surface area contributed by atoms with E-state index in [1.165, 1.54) is 18.4 Å². The van der Waals surface area contributed by atoms with Gasteiger partial charge in [-0.05, 0) is 32.3 Å². The van der Waals surface area contributed by atoms with Gasteiger partial charge in [0.25, 0.3) is 5.91 Å². The molecule has 0 bridgehead atoms. The maximum atomic E-state index is 13.8. The van der Waals surface area contributed by atoms with E-state index >= 15 is 0 Å². The normalized spacial score (nSPS) is 22.1. The molecule has 6 heteroatoms. The van der Waals surface area contributed by atoms with Crippen molar-refractivity contribution in [3.05, 3.63) is 59.5 Å². The van der Waals surface area contributed by atoms with Crippen molar-refractivity contribution in [2.45, 2.75) is 77.0 Å². The molecule has 168 valence electrons. The Morgan fingerprint density at radius 1 is 1.12 bits per heavy atom. The minimum Gasteiger partial charge on any atom is -0.463 e. The number of fused-ring (bicyclic) bond motifs is 3. The molecule has 2 aromatic heterocycles. The summed E-state index contributed by atoms with van der Waals surface area (Å²) in [4.78, 5) is 29.2. The van der Waals surface area contributed by atoms with E-state index in [0.717, 1.165) is 36.8 Å². The Labute approximate surface area is 188 Å². The third-order valence-corrected chi connectivity index (χ3v) is 7.19. The van der Waals surface area contributed by atoms with Crippen LogP contribution in [0.5, 0.6) is 0 Å². The van der Waals surface area contributed by atoms with Crippen LogP contribution in [0.1, 0.15) is 67.1 Å². The van der Waals surface area contributed by atoms with E-state index in [9.17, 15) is 9.59 Å². The number of benzene rings is 1. The number of carbonyl (C=O) groups is 2. The first kappa shape index (κ1) is 20.9. The zero-order chi connectivity index (χ0) is 22.3. The Morgan fingerprint density at radius 3 is 2.56 bits per heavy atom. The summed E-state index contributed by atoms with van der Waals surface area (Å²) in [6, 6.07) is 12.0. The van der Waals surface area contributed by atoms with Crippen molar-refractivity contribution in [2.24, 2.45) is 0 Å². The van der Waals surface area contributed by atoms with Gasteiger partial charge in [0.15, 0.2) is 5.58 Å². The summed E-state index contributed by atoms with van der Waals surface area (Å²) < 4.78 is 7.50. The number of amides is 2. The Balaban J connectivity index is 1.51. The van der Waals surface area contributed by atoms with Gasteiger partial charge in [0.1, 0.15) is 11.2 Å². The van der Waals surface area contributed by atoms with Gasteiger partial charge in [-0.25, -0.2) is 0 Å². The van der Waals surface area contributed by atoms with E-state index in [-0.39, 0.29) is 17.9 Å². The Bertz CT molecular complexity index is 1130. The zero-order valence-electron chi connectivity index (χ0n) is 18.9. The fourth-order valence-electron chi connectivity index (χ4n) is 5.16. The van der Waals surface area contributed by atoms with Gasteiger partial charge in [-0.3, -0.25) is 9.59 Å². The van der Waals surface area contributed by atoms with Gasteiger partial charge in [0, 0.05) is 24.7 Å². The average molecular weight is 434 g/mol. The molecule has 0 saturated heterocycles. The smallest absolute Gasteiger partial charge is 0.271 e. The van der Waals surface area contributed by atoms with Gasteiger partial charge >= 0.3 is 0 Å². The number of carbonyl (C=O) groups excluding carboxylic acids is 2. The molecule has 0 radical (unpaired) electrons. The summed E-state index contributed by atoms with van der Waals surface area (Å²) in [5, 5.41) is 3.31. The first-order valence-corrected chi connectivity index (χ1v) is 11.7. The number of aryl methyl sites for hydroxylation is 1. The fraction of sp³-hybridized carbons (Fsp3) is 0.462. The van der Waals surface area contributed by atoms with Crippen LogP contribution in [0.4, 0.5) is 0 Å². The zero-order valence-corrected chi connectivity index (χ0v) is 18.9. The van der Waals surface area contributed by atoms with E-state index in [1.807, 2.05) is 48.7 Å². The maximum Gasteiger partial charge on any atom is 0.271 e. The van der Waals surface area contributed by atoms with Crippen LogP contribution >= 0.6 is 0 Å². The molecule has 1 aromatic carbocycles. The van der Waals surface area contributed by atoms with Crippen LogP contribution < -0.4 is 5.32 Å². The lowest BCUT2D eigenvalue weighted by atomic mass is 9.93. The van der Waals surface area contributed by atoms with Crippen molar-refractivity contribution in [2.75, 3.05) is 0 Å². The molecule has 1 atom stereocenters. The van der Waals surface area contributed by atoms with Crippen LogP contribution in [0.3, 0.4) is 0 Å². The number of hydrogen-bond donors (Lipinski definition) is 1. The summed E-state index contributed by atoms with van der Waals surface area (Å²) >= 11 is 0. The third-order valence-electron chi connectivity index (χ3n) is 7.19. The number of furan rings is 1. The Hall–Kier alpha value is -3.02. The SMILES string of the molecule is Cc1ccc(CN2C(=O)c3cc4occc4n3C[C@@]2(C)C(=O)NC2CCCCCC2)cc1.